The molecule has 4 rings (SSSR count). The Morgan fingerprint density at radius 3 is 2.49 bits per heavy atom. The molecule has 174 valence electrons. The van der Waals surface area contributed by atoms with Crippen LogP contribution < -0.4 is 0 Å². The van der Waals surface area contributed by atoms with Gasteiger partial charge in [-0.15, -0.1) is 0 Å². The molecular formula is C26H19F2N5O2. The Morgan fingerprint density at radius 2 is 1.86 bits per heavy atom. The molecule has 9 heteroatoms. The number of carbonyl (C=O) groups is 1. The van der Waals surface area contributed by atoms with Crippen molar-refractivity contribution in [2.75, 3.05) is 13.1 Å². The van der Waals surface area contributed by atoms with Crippen LogP contribution in [0, 0.1) is 68.3 Å². The fourth-order valence-electron chi connectivity index (χ4n) is 4.86. The van der Waals surface area contributed by atoms with Gasteiger partial charge in [0.15, 0.2) is 5.41 Å². The van der Waals surface area contributed by atoms with Crippen molar-refractivity contribution in [1.29, 1.82) is 21.2 Å². The fourth-order valence-corrected chi connectivity index (χ4v) is 4.86. The molecule has 0 spiro atoms. The fraction of sp³-hybridized carbons (Fsp3) is 0.269. The first-order valence-electron chi connectivity index (χ1n) is 10.8. The zero-order valence-corrected chi connectivity index (χ0v) is 18.4. The smallest absolute Gasteiger partial charge is 0.410 e. The van der Waals surface area contributed by atoms with Crippen molar-refractivity contribution < 1.29 is 18.3 Å². The number of benzene rings is 2. The highest BCUT2D eigenvalue weighted by atomic mass is 19.1. The first-order chi connectivity index (χ1) is 16.9. The Balaban J connectivity index is 1.74. The third kappa shape index (κ3) is 4.00. The maximum absolute atomic E-state index is 15.0. The number of nitrogens with zero attached hydrogens (tertiary/aromatic N) is 4. The van der Waals surface area contributed by atoms with Gasteiger partial charge in [0.05, 0.1) is 23.9 Å². The van der Waals surface area contributed by atoms with Gasteiger partial charge in [-0.05, 0) is 22.8 Å². The standard InChI is InChI=1S/C26H19F2N5O2/c27-17-6-7-19(22(28)10-17)23-21-12-33(25(34)35-13-16-4-2-1-3-5-16)9-8-18(21)20(11-29)24(32)26(23,14-30)15-31/h1-8,10,20-21,23,32H,9,12-13H2/t20?,21-,23+/m0/s1. The van der Waals surface area contributed by atoms with Crippen LogP contribution in [0.3, 0.4) is 0 Å². The summed E-state index contributed by atoms with van der Waals surface area (Å²) in [6.45, 7) is 0.0341. The van der Waals surface area contributed by atoms with Crippen molar-refractivity contribution in [2.45, 2.75) is 12.5 Å². The van der Waals surface area contributed by atoms with E-state index < -0.39 is 46.6 Å². The van der Waals surface area contributed by atoms with E-state index in [1.807, 2.05) is 36.4 Å². The molecule has 35 heavy (non-hydrogen) atoms. The van der Waals surface area contributed by atoms with Crippen LogP contribution in [0.4, 0.5) is 13.6 Å². The van der Waals surface area contributed by atoms with Crippen molar-refractivity contribution >= 4 is 11.8 Å². The van der Waals surface area contributed by atoms with Gasteiger partial charge < -0.3 is 15.0 Å². The van der Waals surface area contributed by atoms with Crippen LogP contribution in [0.2, 0.25) is 0 Å². The number of nitriles is 3. The second-order valence-electron chi connectivity index (χ2n) is 8.41. The van der Waals surface area contributed by atoms with Gasteiger partial charge in [0.25, 0.3) is 0 Å². The number of halogens is 2. The Bertz CT molecular complexity index is 1320. The highest BCUT2D eigenvalue weighted by molar-refractivity contribution is 6.01. The van der Waals surface area contributed by atoms with Crippen molar-refractivity contribution in [2.24, 2.45) is 17.3 Å². The van der Waals surface area contributed by atoms with E-state index in [4.69, 9.17) is 10.1 Å². The third-order valence-corrected chi connectivity index (χ3v) is 6.55. The summed E-state index contributed by atoms with van der Waals surface area (Å²) in [5.74, 6) is -5.08. The summed E-state index contributed by atoms with van der Waals surface area (Å²) in [7, 11) is 0. The molecule has 2 aliphatic rings. The Labute approximate surface area is 200 Å². The average molecular weight is 471 g/mol. The van der Waals surface area contributed by atoms with Gasteiger partial charge >= 0.3 is 6.09 Å². The van der Waals surface area contributed by atoms with Crippen LogP contribution in [0.25, 0.3) is 0 Å². The highest BCUT2D eigenvalue weighted by Gasteiger charge is 2.58. The maximum Gasteiger partial charge on any atom is 0.410 e. The van der Waals surface area contributed by atoms with Crippen LogP contribution in [0.5, 0.6) is 0 Å². The molecule has 1 aliphatic carbocycles. The van der Waals surface area contributed by atoms with Gasteiger partial charge in [-0.25, -0.2) is 13.6 Å². The summed E-state index contributed by atoms with van der Waals surface area (Å²) in [4.78, 5) is 14.2. The lowest BCUT2D eigenvalue weighted by atomic mass is 9.54. The van der Waals surface area contributed by atoms with Crippen molar-refractivity contribution in [3.63, 3.8) is 0 Å². The zero-order valence-electron chi connectivity index (χ0n) is 18.4. The van der Waals surface area contributed by atoms with Crippen molar-refractivity contribution in [1.82, 2.24) is 4.90 Å². The second-order valence-corrected chi connectivity index (χ2v) is 8.41. The molecule has 1 aliphatic heterocycles. The molecule has 0 bridgehead atoms. The molecular weight excluding hydrogens is 452 g/mol. The molecule has 1 saturated carbocycles. The minimum absolute atomic E-state index is 0.0270. The van der Waals surface area contributed by atoms with Crippen LogP contribution in [-0.2, 0) is 11.3 Å². The first kappa shape index (κ1) is 23.6. The SMILES string of the molecule is N#CC1C(=N)C(C#N)(C#N)[C@H](c2ccc(F)cc2F)[C@H]2CN(C(=O)OCc3ccccc3)CC=C12. The first-order valence-corrected chi connectivity index (χ1v) is 10.8. The number of amides is 1. The third-order valence-electron chi connectivity index (χ3n) is 6.55. The monoisotopic (exact) mass is 471 g/mol. The predicted octanol–water partition coefficient (Wildman–Crippen LogP) is 4.45. The lowest BCUT2D eigenvalue weighted by Gasteiger charge is -2.47. The van der Waals surface area contributed by atoms with E-state index in [2.05, 4.69) is 0 Å². The van der Waals surface area contributed by atoms with E-state index in [1.54, 1.807) is 18.2 Å². The Morgan fingerprint density at radius 1 is 1.14 bits per heavy atom. The minimum atomic E-state index is -2.18. The zero-order chi connectivity index (χ0) is 25.2. The van der Waals surface area contributed by atoms with Crippen molar-refractivity contribution in [3.05, 3.63) is 82.9 Å². The summed E-state index contributed by atoms with van der Waals surface area (Å²) in [6, 6.07) is 17.5. The topological polar surface area (TPSA) is 125 Å². The number of carbonyl (C=O) groups excluding carboxylic acids is 1. The van der Waals surface area contributed by atoms with E-state index in [0.29, 0.717) is 11.6 Å². The molecule has 0 aromatic heterocycles. The molecule has 1 fully saturated rings. The number of fused-ring (bicyclic) bond motifs is 1. The number of hydrogen-bond acceptors (Lipinski definition) is 6. The second kappa shape index (κ2) is 9.37. The van der Waals surface area contributed by atoms with Gasteiger partial charge in [0.2, 0.25) is 0 Å². The average Bonchev–Trinajstić information content (AvgIpc) is 2.87. The molecule has 0 saturated heterocycles. The molecule has 2 aromatic rings. The van der Waals surface area contributed by atoms with Crippen LogP contribution in [0.15, 0.2) is 60.2 Å². The van der Waals surface area contributed by atoms with Gasteiger partial charge in [-0.2, -0.15) is 15.8 Å². The number of ether oxygens (including phenoxy) is 1. The molecule has 1 heterocycles. The van der Waals surface area contributed by atoms with Gasteiger partial charge in [-0.1, -0.05) is 42.5 Å². The normalized spacial score (nSPS) is 22.6. The maximum atomic E-state index is 15.0. The van der Waals surface area contributed by atoms with E-state index in [9.17, 15) is 29.4 Å². The Hall–Kier alpha value is -4.55. The van der Waals surface area contributed by atoms with Gasteiger partial charge in [-0.3, -0.25) is 0 Å². The number of rotatable bonds is 3. The molecule has 2 aromatic carbocycles. The number of nitrogens with one attached hydrogen (secondary N) is 1. The molecule has 1 N–H and O–H groups in total. The van der Waals surface area contributed by atoms with Crippen molar-refractivity contribution in [3.8, 4) is 18.2 Å². The van der Waals surface area contributed by atoms with Crippen LogP contribution in [-0.4, -0.2) is 29.8 Å². The van der Waals surface area contributed by atoms with E-state index in [0.717, 1.165) is 17.7 Å². The van der Waals surface area contributed by atoms with Crippen LogP contribution in [0.1, 0.15) is 17.0 Å². The Kier molecular flexibility index (Phi) is 6.32. The quantitative estimate of drug-likeness (QED) is 0.662. The lowest BCUT2D eigenvalue weighted by Crippen LogP contribution is -2.53. The summed E-state index contributed by atoms with van der Waals surface area (Å²) in [5.41, 5.74) is -1.56. The highest BCUT2D eigenvalue weighted by Crippen LogP contribution is 2.53. The molecule has 1 amide bonds. The van der Waals surface area contributed by atoms with E-state index >= 15 is 0 Å². The summed E-state index contributed by atoms with van der Waals surface area (Å²) in [5, 5.41) is 38.4. The predicted molar refractivity (Wildman–Crippen MR) is 119 cm³/mol. The molecule has 7 nitrogen and oxygen atoms in total. The van der Waals surface area contributed by atoms with Gasteiger partial charge in [0.1, 0.15) is 24.2 Å². The van der Waals surface area contributed by atoms with Crippen LogP contribution >= 0.6 is 0 Å². The lowest BCUT2D eigenvalue weighted by molar-refractivity contribution is 0.0891. The number of hydrogen-bond donors (Lipinski definition) is 1. The van der Waals surface area contributed by atoms with E-state index in [1.165, 1.54) is 4.90 Å². The minimum Gasteiger partial charge on any atom is -0.445 e. The summed E-state index contributed by atoms with van der Waals surface area (Å²) in [6.07, 6.45) is 0.934. The van der Waals surface area contributed by atoms with Gasteiger partial charge in [0, 0.05) is 31.0 Å². The summed E-state index contributed by atoms with van der Waals surface area (Å²) < 4.78 is 34.0. The molecule has 0 radical (unpaired) electrons. The molecule has 1 unspecified atom stereocenters. The largest absolute Gasteiger partial charge is 0.445 e. The van der Waals surface area contributed by atoms with E-state index in [-0.39, 0.29) is 25.3 Å². The summed E-state index contributed by atoms with van der Waals surface area (Å²) >= 11 is 0. The molecule has 3 atom stereocenters.